The van der Waals surface area contributed by atoms with Crippen LogP contribution in [0.15, 0.2) is 0 Å². The van der Waals surface area contributed by atoms with Crippen molar-refractivity contribution in [2.75, 3.05) is 39.9 Å². The van der Waals surface area contributed by atoms with Gasteiger partial charge in [0.1, 0.15) is 0 Å². The van der Waals surface area contributed by atoms with E-state index in [2.05, 4.69) is 24.1 Å². The molecule has 0 aliphatic carbocycles. The Hall–Kier alpha value is -0.160. The average Bonchev–Trinajstić information content (AvgIpc) is 2.82. The molecule has 0 aromatic heterocycles. The monoisotopic (exact) mass is 256 g/mol. The highest BCUT2D eigenvalue weighted by molar-refractivity contribution is 4.86. The van der Waals surface area contributed by atoms with E-state index in [0.717, 1.165) is 32.7 Å². The molecule has 4 heteroatoms. The van der Waals surface area contributed by atoms with Crippen molar-refractivity contribution in [3.8, 4) is 0 Å². The third-order valence-electron chi connectivity index (χ3n) is 4.29. The molecule has 0 aromatic rings. The summed E-state index contributed by atoms with van der Waals surface area (Å²) in [5.41, 5.74) is -0.0273. The van der Waals surface area contributed by atoms with Crippen molar-refractivity contribution in [3.63, 3.8) is 0 Å². The van der Waals surface area contributed by atoms with Crippen LogP contribution in [-0.2, 0) is 9.47 Å². The molecular weight excluding hydrogens is 228 g/mol. The summed E-state index contributed by atoms with van der Waals surface area (Å²) in [4.78, 5) is 2.59. The number of methoxy groups -OCH3 is 1. The SMILES string of the molecule is COC(C)(C)CCNCC1CN2CCCC2CO1. The van der Waals surface area contributed by atoms with Crippen molar-refractivity contribution in [1.82, 2.24) is 10.2 Å². The van der Waals surface area contributed by atoms with Gasteiger partial charge in [0.15, 0.2) is 0 Å². The number of rotatable bonds is 6. The average molecular weight is 256 g/mol. The zero-order valence-electron chi connectivity index (χ0n) is 12.1. The third kappa shape index (κ3) is 3.92. The summed E-state index contributed by atoms with van der Waals surface area (Å²) in [6.07, 6.45) is 4.06. The quantitative estimate of drug-likeness (QED) is 0.725. The summed E-state index contributed by atoms with van der Waals surface area (Å²) < 4.78 is 11.3. The molecule has 0 saturated carbocycles. The minimum atomic E-state index is -0.0273. The van der Waals surface area contributed by atoms with Crippen molar-refractivity contribution in [3.05, 3.63) is 0 Å². The number of hydrogen-bond acceptors (Lipinski definition) is 4. The second-order valence-corrected chi connectivity index (χ2v) is 6.16. The van der Waals surface area contributed by atoms with Gasteiger partial charge in [0, 0.05) is 26.2 Å². The number of morpholine rings is 1. The van der Waals surface area contributed by atoms with Crippen molar-refractivity contribution in [2.24, 2.45) is 0 Å². The number of nitrogens with zero attached hydrogens (tertiary/aromatic N) is 1. The zero-order chi connectivity index (χ0) is 13.0. The van der Waals surface area contributed by atoms with Gasteiger partial charge in [-0.1, -0.05) is 0 Å². The Balaban J connectivity index is 1.60. The molecule has 18 heavy (non-hydrogen) atoms. The van der Waals surface area contributed by atoms with Crippen LogP contribution in [0.4, 0.5) is 0 Å². The standard InChI is InChI=1S/C14H28N2O2/c1-14(2,17-3)6-7-15-9-13-10-16-8-4-5-12(16)11-18-13/h12-13,15H,4-11H2,1-3H3. The second-order valence-electron chi connectivity index (χ2n) is 6.16. The Bertz CT molecular complexity index is 258. The first-order valence-electron chi connectivity index (χ1n) is 7.22. The van der Waals surface area contributed by atoms with Gasteiger partial charge in [-0.25, -0.2) is 0 Å². The molecule has 4 nitrogen and oxygen atoms in total. The van der Waals surface area contributed by atoms with E-state index in [1.54, 1.807) is 7.11 Å². The zero-order valence-corrected chi connectivity index (χ0v) is 12.1. The summed E-state index contributed by atoms with van der Waals surface area (Å²) in [5.74, 6) is 0. The number of fused-ring (bicyclic) bond motifs is 1. The van der Waals surface area contributed by atoms with E-state index in [1.165, 1.54) is 19.4 Å². The molecule has 2 unspecified atom stereocenters. The molecule has 0 radical (unpaired) electrons. The van der Waals surface area contributed by atoms with Crippen LogP contribution in [0.3, 0.4) is 0 Å². The Labute approximate surface area is 111 Å². The van der Waals surface area contributed by atoms with E-state index >= 15 is 0 Å². The fourth-order valence-electron chi connectivity index (χ4n) is 2.76. The van der Waals surface area contributed by atoms with Gasteiger partial charge in [0.2, 0.25) is 0 Å². The van der Waals surface area contributed by atoms with Crippen LogP contribution in [0, 0.1) is 0 Å². The topological polar surface area (TPSA) is 33.7 Å². The second kappa shape index (κ2) is 6.33. The van der Waals surface area contributed by atoms with Gasteiger partial charge in [-0.3, -0.25) is 4.90 Å². The summed E-state index contributed by atoms with van der Waals surface area (Å²) >= 11 is 0. The molecule has 2 saturated heterocycles. The van der Waals surface area contributed by atoms with E-state index in [-0.39, 0.29) is 5.60 Å². The van der Waals surface area contributed by atoms with Crippen molar-refractivity contribution < 1.29 is 9.47 Å². The lowest BCUT2D eigenvalue weighted by Gasteiger charge is -2.35. The number of hydrogen-bond donors (Lipinski definition) is 1. The summed E-state index contributed by atoms with van der Waals surface area (Å²) in [6.45, 7) is 9.50. The van der Waals surface area contributed by atoms with Crippen LogP contribution >= 0.6 is 0 Å². The summed E-state index contributed by atoms with van der Waals surface area (Å²) in [5, 5.41) is 3.49. The van der Waals surface area contributed by atoms with Crippen LogP contribution in [0.5, 0.6) is 0 Å². The Morgan fingerprint density at radius 3 is 3.06 bits per heavy atom. The lowest BCUT2D eigenvalue weighted by Crippen LogP contribution is -2.49. The fourth-order valence-corrected chi connectivity index (χ4v) is 2.76. The third-order valence-corrected chi connectivity index (χ3v) is 4.29. The first-order chi connectivity index (χ1) is 8.61. The molecule has 106 valence electrons. The van der Waals surface area contributed by atoms with Gasteiger partial charge >= 0.3 is 0 Å². The lowest BCUT2D eigenvalue weighted by molar-refractivity contribution is -0.0477. The van der Waals surface area contributed by atoms with Crippen LogP contribution in [0.2, 0.25) is 0 Å². The van der Waals surface area contributed by atoms with Gasteiger partial charge in [-0.05, 0) is 46.2 Å². The van der Waals surface area contributed by atoms with E-state index < -0.39 is 0 Å². The normalized spacial score (nSPS) is 29.5. The van der Waals surface area contributed by atoms with Crippen molar-refractivity contribution in [2.45, 2.75) is 50.9 Å². The Morgan fingerprint density at radius 2 is 2.28 bits per heavy atom. The smallest absolute Gasteiger partial charge is 0.0826 e. The van der Waals surface area contributed by atoms with Gasteiger partial charge in [-0.2, -0.15) is 0 Å². The highest BCUT2D eigenvalue weighted by atomic mass is 16.5. The summed E-state index contributed by atoms with van der Waals surface area (Å²) in [7, 11) is 1.78. The number of ether oxygens (including phenoxy) is 2. The maximum Gasteiger partial charge on any atom is 0.0826 e. The molecule has 0 bridgehead atoms. The highest BCUT2D eigenvalue weighted by Gasteiger charge is 2.31. The molecule has 2 atom stereocenters. The van der Waals surface area contributed by atoms with Crippen LogP contribution in [0.25, 0.3) is 0 Å². The van der Waals surface area contributed by atoms with Crippen LogP contribution in [-0.4, -0.2) is 62.5 Å². The van der Waals surface area contributed by atoms with Crippen molar-refractivity contribution in [1.29, 1.82) is 0 Å². The van der Waals surface area contributed by atoms with Gasteiger partial charge in [0.05, 0.1) is 18.3 Å². The fraction of sp³-hybridized carbons (Fsp3) is 1.00. The largest absolute Gasteiger partial charge is 0.379 e. The number of nitrogens with one attached hydrogen (secondary N) is 1. The van der Waals surface area contributed by atoms with Crippen molar-refractivity contribution >= 4 is 0 Å². The van der Waals surface area contributed by atoms with E-state index in [0.29, 0.717) is 12.1 Å². The van der Waals surface area contributed by atoms with Gasteiger partial charge < -0.3 is 14.8 Å². The molecule has 0 spiro atoms. The molecule has 2 heterocycles. The predicted molar refractivity (Wildman–Crippen MR) is 72.9 cm³/mol. The van der Waals surface area contributed by atoms with Crippen LogP contribution in [0.1, 0.15) is 33.1 Å². The molecule has 1 N–H and O–H groups in total. The molecule has 2 rings (SSSR count). The first-order valence-corrected chi connectivity index (χ1v) is 7.22. The van der Waals surface area contributed by atoms with E-state index in [9.17, 15) is 0 Å². The molecule has 2 aliphatic heterocycles. The maximum absolute atomic E-state index is 5.91. The van der Waals surface area contributed by atoms with E-state index in [4.69, 9.17) is 9.47 Å². The minimum Gasteiger partial charge on any atom is -0.379 e. The van der Waals surface area contributed by atoms with Gasteiger partial charge in [0.25, 0.3) is 0 Å². The highest BCUT2D eigenvalue weighted by Crippen LogP contribution is 2.22. The minimum absolute atomic E-state index is 0.0273. The van der Waals surface area contributed by atoms with E-state index in [1.807, 2.05) is 0 Å². The first kappa shape index (κ1) is 14.3. The Kier molecular flexibility index (Phi) is 5.01. The Morgan fingerprint density at radius 1 is 1.44 bits per heavy atom. The lowest BCUT2D eigenvalue weighted by atomic mass is 10.1. The van der Waals surface area contributed by atoms with Gasteiger partial charge in [-0.15, -0.1) is 0 Å². The summed E-state index contributed by atoms with van der Waals surface area (Å²) in [6, 6.07) is 0.702. The molecule has 0 aromatic carbocycles. The molecule has 2 aliphatic rings. The molecule has 0 amide bonds. The van der Waals surface area contributed by atoms with Crippen LogP contribution < -0.4 is 5.32 Å². The maximum atomic E-state index is 5.91. The molecule has 2 fully saturated rings. The molecular formula is C14H28N2O2. The predicted octanol–water partition coefficient (Wildman–Crippen LogP) is 1.25.